The average molecular weight is 400 g/mol. The zero-order chi connectivity index (χ0) is 20.6. The Morgan fingerprint density at radius 3 is 2.52 bits per heavy atom. The number of anilines is 1. The van der Waals surface area contributed by atoms with Crippen molar-refractivity contribution in [2.45, 2.75) is 20.5 Å². The molecule has 1 aliphatic rings. The van der Waals surface area contributed by atoms with Crippen LogP contribution in [0.2, 0.25) is 0 Å². The molecule has 4 rings (SSSR count). The first-order valence-corrected chi connectivity index (χ1v) is 9.13. The van der Waals surface area contributed by atoms with Crippen LogP contribution in [0.3, 0.4) is 0 Å². The van der Waals surface area contributed by atoms with E-state index in [9.17, 15) is 13.2 Å². The van der Waals surface area contributed by atoms with Crippen molar-refractivity contribution in [3.05, 3.63) is 65.7 Å². The maximum atomic E-state index is 13.9. The number of nitrogens with zero attached hydrogens (tertiary/aromatic N) is 4. The fraction of sp³-hybridized carbons (Fsp3) is 0.286. The molecule has 0 radical (unpaired) electrons. The molecule has 3 aromatic rings. The van der Waals surface area contributed by atoms with Crippen molar-refractivity contribution in [2.24, 2.45) is 5.41 Å². The Balaban J connectivity index is 1.63. The van der Waals surface area contributed by atoms with E-state index in [1.165, 1.54) is 0 Å². The Hall–Kier alpha value is -3.16. The van der Waals surface area contributed by atoms with Crippen LogP contribution in [0.4, 0.5) is 19.0 Å². The molecule has 0 spiro atoms. The first-order valence-electron chi connectivity index (χ1n) is 9.13. The second kappa shape index (κ2) is 7.35. The highest BCUT2D eigenvalue weighted by molar-refractivity contribution is 5.54. The molecule has 2 aromatic heterocycles. The van der Waals surface area contributed by atoms with Crippen molar-refractivity contribution in [1.29, 1.82) is 0 Å². The molecule has 0 aliphatic carbocycles. The Morgan fingerprint density at radius 1 is 1.03 bits per heavy atom. The monoisotopic (exact) mass is 400 g/mol. The molecule has 1 fully saturated rings. The number of rotatable bonds is 5. The van der Waals surface area contributed by atoms with Gasteiger partial charge in [-0.1, -0.05) is 19.9 Å². The summed E-state index contributed by atoms with van der Waals surface area (Å²) in [5.41, 5.74) is 1.26. The molecular weight excluding hydrogens is 381 g/mol. The van der Waals surface area contributed by atoms with E-state index in [0.29, 0.717) is 23.0 Å². The van der Waals surface area contributed by atoms with Crippen molar-refractivity contribution < 1.29 is 17.9 Å². The number of ether oxygens (including phenoxy) is 1. The first-order chi connectivity index (χ1) is 13.8. The van der Waals surface area contributed by atoms with Crippen molar-refractivity contribution in [3.63, 3.8) is 0 Å². The lowest BCUT2D eigenvalue weighted by Crippen LogP contribution is -2.53. The van der Waals surface area contributed by atoms with Gasteiger partial charge >= 0.3 is 0 Å². The Morgan fingerprint density at radius 2 is 1.83 bits per heavy atom. The molecule has 150 valence electrons. The second-order valence-corrected chi connectivity index (χ2v) is 7.74. The minimum Gasteiger partial charge on any atom is -0.484 e. The molecule has 0 N–H and O–H groups in total. The van der Waals surface area contributed by atoms with Gasteiger partial charge in [0.15, 0.2) is 23.2 Å². The summed E-state index contributed by atoms with van der Waals surface area (Å²) in [5, 5.41) is 0. The van der Waals surface area contributed by atoms with Crippen LogP contribution < -0.4 is 9.64 Å². The van der Waals surface area contributed by atoms with Gasteiger partial charge in [-0.25, -0.2) is 18.7 Å². The van der Waals surface area contributed by atoms with E-state index >= 15 is 0 Å². The lowest BCUT2D eigenvalue weighted by Gasteiger charge is -2.46. The van der Waals surface area contributed by atoms with E-state index < -0.39 is 17.5 Å². The minimum absolute atomic E-state index is 0.130. The van der Waals surface area contributed by atoms with Gasteiger partial charge in [-0.05, 0) is 29.7 Å². The fourth-order valence-corrected chi connectivity index (χ4v) is 3.25. The summed E-state index contributed by atoms with van der Waals surface area (Å²) in [7, 11) is 0. The van der Waals surface area contributed by atoms with E-state index in [1.54, 1.807) is 24.4 Å². The van der Waals surface area contributed by atoms with Crippen LogP contribution in [-0.4, -0.2) is 28.0 Å². The predicted octanol–water partition coefficient (Wildman–Crippen LogP) is 4.38. The van der Waals surface area contributed by atoms with Crippen LogP contribution >= 0.6 is 0 Å². The van der Waals surface area contributed by atoms with Crippen LogP contribution in [0.1, 0.15) is 19.5 Å². The summed E-state index contributed by atoms with van der Waals surface area (Å²) in [4.78, 5) is 15.4. The SMILES string of the molecule is CC1(C)CN(c2cc(COc3ccc(F)c(F)c3F)nc(-c3ccccn3)n2)C1. The van der Waals surface area contributed by atoms with E-state index in [2.05, 4.69) is 33.7 Å². The average Bonchev–Trinajstić information content (AvgIpc) is 2.70. The molecule has 0 unspecified atom stereocenters. The van der Waals surface area contributed by atoms with Gasteiger partial charge in [0.25, 0.3) is 0 Å². The number of hydrogen-bond acceptors (Lipinski definition) is 5. The minimum atomic E-state index is -1.57. The highest BCUT2D eigenvalue weighted by Crippen LogP contribution is 2.33. The number of halogens is 3. The smallest absolute Gasteiger partial charge is 0.203 e. The third-order valence-electron chi connectivity index (χ3n) is 4.60. The summed E-state index contributed by atoms with van der Waals surface area (Å²) in [6.07, 6.45) is 1.64. The van der Waals surface area contributed by atoms with Crippen molar-refractivity contribution in [2.75, 3.05) is 18.0 Å². The molecular formula is C21H19F3N4O. The molecule has 1 aliphatic heterocycles. The molecule has 3 heterocycles. The zero-order valence-electron chi connectivity index (χ0n) is 16.0. The summed E-state index contributed by atoms with van der Waals surface area (Å²) in [6, 6.07) is 9.03. The summed E-state index contributed by atoms with van der Waals surface area (Å²) < 4.78 is 45.8. The molecule has 5 nitrogen and oxygen atoms in total. The van der Waals surface area contributed by atoms with Gasteiger partial charge in [0.05, 0.1) is 5.69 Å². The van der Waals surface area contributed by atoms with Crippen LogP contribution in [0, 0.1) is 22.9 Å². The normalized spacial score (nSPS) is 15.1. The summed E-state index contributed by atoms with van der Waals surface area (Å²) in [6.45, 7) is 5.88. The molecule has 0 bridgehead atoms. The van der Waals surface area contributed by atoms with Crippen LogP contribution in [0.25, 0.3) is 11.5 Å². The van der Waals surface area contributed by atoms with Gasteiger partial charge in [-0.15, -0.1) is 0 Å². The molecule has 0 amide bonds. The molecule has 0 atom stereocenters. The molecule has 1 aromatic carbocycles. The number of benzene rings is 1. The van der Waals surface area contributed by atoms with Crippen LogP contribution in [0.15, 0.2) is 42.6 Å². The standard InChI is InChI=1S/C21H19F3N4O/c1-21(2)11-28(12-21)17-9-13(26-20(27-17)15-5-3-4-8-25-15)10-29-16-7-6-14(22)18(23)19(16)24/h3-9H,10-12H2,1-2H3. The van der Waals surface area contributed by atoms with Crippen molar-refractivity contribution >= 4 is 5.82 Å². The van der Waals surface area contributed by atoms with Gasteiger partial charge in [-0.2, -0.15) is 4.39 Å². The number of pyridine rings is 1. The molecule has 29 heavy (non-hydrogen) atoms. The van der Waals surface area contributed by atoms with Crippen LogP contribution in [-0.2, 0) is 6.61 Å². The van der Waals surface area contributed by atoms with Crippen molar-refractivity contribution in [1.82, 2.24) is 15.0 Å². The molecule has 0 saturated carbocycles. The molecule has 8 heteroatoms. The van der Waals surface area contributed by atoms with E-state index in [-0.39, 0.29) is 17.8 Å². The van der Waals surface area contributed by atoms with Gasteiger partial charge < -0.3 is 9.64 Å². The zero-order valence-corrected chi connectivity index (χ0v) is 16.0. The predicted molar refractivity (Wildman–Crippen MR) is 102 cm³/mol. The Bertz CT molecular complexity index is 1040. The lowest BCUT2D eigenvalue weighted by molar-refractivity contribution is 0.271. The van der Waals surface area contributed by atoms with Crippen molar-refractivity contribution in [3.8, 4) is 17.3 Å². The highest BCUT2D eigenvalue weighted by atomic mass is 19.2. The highest BCUT2D eigenvalue weighted by Gasteiger charge is 2.35. The Labute approximate surface area is 166 Å². The Kier molecular flexibility index (Phi) is 4.86. The topological polar surface area (TPSA) is 51.1 Å². The van der Waals surface area contributed by atoms with Gasteiger partial charge in [0.2, 0.25) is 5.82 Å². The summed E-state index contributed by atoms with van der Waals surface area (Å²) >= 11 is 0. The maximum Gasteiger partial charge on any atom is 0.203 e. The second-order valence-electron chi connectivity index (χ2n) is 7.74. The van der Waals surface area contributed by atoms with Gasteiger partial charge in [0, 0.05) is 25.4 Å². The molecule has 1 saturated heterocycles. The quantitative estimate of drug-likeness (QED) is 0.595. The lowest BCUT2D eigenvalue weighted by atomic mass is 9.84. The van der Waals surface area contributed by atoms with Gasteiger partial charge in [0.1, 0.15) is 18.1 Å². The van der Waals surface area contributed by atoms with E-state index in [4.69, 9.17) is 4.74 Å². The fourth-order valence-electron chi connectivity index (χ4n) is 3.25. The largest absolute Gasteiger partial charge is 0.484 e. The van der Waals surface area contributed by atoms with Crippen LogP contribution in [0.5, 0.6) is 5.75 Å². The number of aromatic nitrogens is 3. The maximum absolute atomic E-state index is 13.9. The van der Waals surface area contributed by atoms with E-state index in [0.717, 1.165) is 25.2 Å². The third kappa shape index (κ3) is 4.01. The first kappa shape index (κ1) is 19.2. The van der Waals surface area contributed by atoms with Gasteiger partial charge in [-0.3, -0.25) is 4.98 Å². The summed E-state index contributed by atoms with van der Waals surface area (Å²) in [5.74, 6) is -3.45. The third-order valence-corrected chi connectivity index (χ3v) is 4.60. The van der Waals surface area contributed by atoms with E-state index in [1.807, 2.05) is 6.07 Å². The number of hydrogen-bond donors (Lipinski definition) is 0.